The molecule has 2 aromatic carbocycles. The smallest absolute Gasteiger partial charge is 0.275 e. The minimum Gasteiger partial charge on any atom is -0.399 e. The first-order chi connectivity index (χ1) is 13.9. The first-order valence-corrected chi connectivity index (χ1v) is 8.62. The highest BCUT2D eigenvalue weighted by molar-refractivity contribution is 6.08. The third-order valence-electron chi connectivity index (χ3n) is 4.24. The third-order valence-corrected chi connectivity index (χ3v) is 4.24. The van der Waals surface area contributed by atoms with E-state index in [1.165, 1.54) is 26.7 Å². The summed E-state index contributed by atoms with van der Waals surface area (Å²) in [5.74, 6) is -2.27. The van der Waals surface area contributed by atoms with Crippen molar-refractivity contribution < 1.29 is 24.4 Å². The Labute approximate surface area is 167 Å². The van der Waals surface area contributed by atoms with Gasteiger partial charge in [-0.15, -0.1) is 0 Å². The van der Waals surface area contributed by atoms with Crippen LogP contribution in [0.3, 0.4) is 0 Å². The van der Waals surface area contributed by atoms with Crippen LogP contribution in [0.4, 0.5) is 0 Å². The second kappa shape index (κ2) is 10.00. The molecule has 152 valence electrons. The Kier molecular flexibility index (Phi) is 7.44. The first-order valence-electron chi connectivity index (χ1n) is 8.62. The Morgan fingerprint density at radius 2 is 1.59 bits per heavy atom. The second-order valence-corrected chi connectivity index (χ2v) is 6.03. The van der Waals surface area contributed by atoms with Crippen LogP contribution in [0.1, 0.15) is 15.9 Å². The molecule has 1 atom stereocenters. The number of benzene rings is 2. The Hall–Kier alpha value is -3.72. The number of carbonyl (C=O) groups excluding carboxylic acids is 3. The normalized spacial score (nSPS) is 11.6. The summed E-state index contributed by atoms with van der Waals surface area (Å²) in [7, 11) is 4.11. The molecular formula is C20H22N4O5. The number of carbonyl (C=O) groups is 3. The predicted molar refractivity (Wildman–Crippen MR) is 106 cm³/mol. The summed E-state index contributed by atoms with van der Waals surface area (Å²) < 4.78 is 0. The molecule has 0 radical (unpaired) electrons. The zero-order valence-corrected chi connectivity index (χ0v) is 16.2. The Bertz CT molecular complexity index is 878. The molecule has 9 heteroatoms. The molecule has 2 rings (SSSR count). The molecule has 0 bridgehead atoms. The average molecular weight is 398 g/mol. The van der Waals surface area contributed by atoms with E-state index in [0.29, 0.717) is 5.56 Å². The van der Waals surface area contributed by atoms with Crippen molar-refractivity contribution in [3.63, 3.8) is 0 Å². The number of oxime groups is 1. The van der Waals surface area contributed by atoms with Crippen LogP contribution in [-0.2, 0) is 14.4 Å². The van der Waals surface area contributed by atoms with Crippen LogP contribution in [0.25, 0.3) is 11.1 Å². The fourth-order valence-corrected chi connectivity index (χ4v) is 2.67. The van der Waals surface area contributed by atoms with Gasteiger partial charge in [-0.25, -0.2) is 5.48 Å². The van der Waals surface area contributed by atoms with Crippen molar-refractivity contribution in [2.75, 3.05) is 21.2 Å². The van der Waals surface area contributed by atoms with Gasteiger partial charge in [-0.2, -0.15) is 0 Å². The van der Waals surface area contributed by atoms with Crippen molar-refractivity contribution >= 4 is 23.9 Å². The Balaban J connectivity index is 2.20. The van der Waals surface area contributed by atoms with Crippen LogP contribution in [0.5, 0.6) is 0 Å². The van der Waals surface area contributed by atoms with Gasteiger partial charge in [0.15, 0.2) is 6.04 Å². The molecule has 0 saturated heterocycles. The number of hydrogen-bond acceptors (Lipinski definition) is 6. The van der Waals surface area contributed by atoms with E-state index in [1.54, 1.807) is 30.5 Å². The van der Waals surface area contributed by atoms with Gasteiger partial charge in [0, 0.05) is 19.7 Å². The summed E-state index contributed by atoms with van der Waals surface area (Å²) in [5.41, 5.74) is 4.40. The van der Waals surface area contributed by atoms with E-state index in [0.717, 1.165) is 21.6 Å². The maximum absolute atomic E-state index is 12.7. The molecule has 0 spiro atoms. The minimum absolute atomic E-state index is 0.291. The second-order valence-electron chi connectivity index (χ2n) is 6.03. The zero-order chi connectivity index (χ0) is 21.4. The van der Waals surface area contributed by atoms with Crippen LogP contribution < -0.4 is 10.8 Å². The molecule has 0 aliphatic carbocycles. The standard InChI is InChI=1S/C20H22N4O5/c1-21-18(25)17(19(26)23-28)24(2)20(27)16-10-8-15(9-11-16)14-6-4-13(5-7-14)12-22-29-3/h4-12,17,28H,1-3H3,(H,21,25)(H,23,26)/b22-12+. The molecule has 0 aliphatic rings. The van der Waals surface area contributed by atoms with Gasteiger partial charge in [0.2, 0.25) is 0 Å². The molecule has 29 heavy (non-hydrogen) atoms. The number of nitrogens with zero attached hydrogens (tertiary/aromatic N) is 2. The van der Waals surface area contributed by atoms with Gasteiger partial charge in [0.05, 0.1) is 6.21 Å². The number of hydroxylamine groups is 1. The van der Waals surface area contributed by atoms with Crippen LogP contribution in [-0.4, -0.2) is 61.3 Å². The van der Waals surface area contributed by atoms with Crippen molar-refractivity contribution in [3.05, 3.63) is 59.7 Å². The molecule has 0 aromatic heterocycles. The van der Waals surface area contributed by atoms with Crippen LogP contribution in [0.15, 0.2) is 53.7 Å². The van der Waals surface area contributed by atoms with Crippen molar-refractivity contribution in [2.24, 2.45) is 5.16 Å². The monoisotopic (exact) mass is 398 g/mol. The molecule has 0 saturated carbocycles. The van der Waals surface area contributed by atoms with Crippen LogP contribution >= 0.6 is 0 Å². The summed E-state index contributed by atoms with van der Waals surface area (Å²) >= 11 is 0. The summed E-state index contributed by atoms with van der Waals surface area (Å²) in [4.78, 5) is 42.0. The van der Waals surface area contributed by atoms with Crippen molar-refractivity contribution in [1.29, 1.82) is 0 Å². The van der Waals surface area contributed by atoms with Gasteiger partial charge in [0.25, 0.3) is 17.7 Å². The number of hydrogen-bond donors (Lipinski definition) is 3. The molecule has 1 unspecified atom stereocenters. The lowest BCUT2D eigenvalue weighted by Gasteiger charge is -2.25. The third kappa shape index (κ3) is 5.17. The van der Waals surface area contributed by atoms with Gasteiger partial charge >= 0.3 is 0 Å². The molecule has 0 heterocycles. The molecule has 0 aliphatic heterocycles. The lowest BCUT2D eigenvalue weighted by molar-refractivity contribution is -0.140. The van der Waals surface area contributed by atoms with Crippen LogP contribution in [0, 0.1) is 0 Å². The first kappa shape index (κ1) is 21.6. The molecule has 3 amide bonds. The SMILES string of the molecule is CNC(=O)C(C(=O)NO)N(C)C(=O)c1ccc(-c2ccc(/C=N/OC)cc2)cc1. The number of nitrogens with one attached hydrogen (secondary N) is 2. The lowest BCUT2D eigenvalue weighted by Crippen LogP contribution is -2.54. The fourth-order valence-electron chi connectivity index (χ4n) is 2.67. The summed E-state index contributed by atoms with van der Waals surface area (Å²) in [5, 5.41) is 14.8. The maximum atomic E-state index is 12.7. The minimum atomic E-state index is -1.50. The van der Waals surface area contributed by atoms with E-state index in [2.05, 4.69) is 15.3 Å². The van der Waals surface area contributed by atoms with Gasteiger partial charge < -0.3 is 15.1 Å². The van der Waals surface area contributed by atoms with Crippen LogP contribution in [0.2, 0.25) is 0 Å². The van der Waals surface area contributed by atoms with E-state index in [9.17, 15) is 14.4 Å². The van der Waals surface area contributed by atoms with Crippen molar-refractivity contribution in [1.82, 2.24) is 15.7 Å². The van der Waals surface area contributed by atoms with Crippen molar-refractivity contribution in [3.8, 4) is 11.1 Å². The Morgan fingerprint density at radius 1 is 1.03 bits per heavy atom. The van der Waals surface area contributed by atoms with Gasteiger partial charge in [-0.05, 0) is 28.8 Å². The number of rotatable bonds is 7. The highest BCUT2D eigenvalue weighted by Crippen LogP contribution is 2.21. The molecule has 0 fully saturated rings. The highest BCUT2D eigenvalue weighted by atomic mass is 16.6. The highest BCUT2D eigenvalue weighted by Gasteiger charge is 2.33. The van der Waals surface area contributed by atoms with E-state index < -0.39 is 23.8 Å². The average Bonchev–Trinajstić information content (AvgIpc) is 2.77. The van der Waals surface area contributed by atoms with E-state index in [1.807, 2.05) is 24.3 Å². The largest absolute Gasteiger partial charge is 0.399 e. The summed E-state index contributed by atoms with van der Waals surface area (Å²) in [6.45, 7) is 0. The van der Waals surface area contributed by atoms with Gasteiger partial charge in [-0.1, -0.05) is 41.6 Å². The lowest BCUT2D eigenvalue weighted by atomic mass is 10.0. The van der Waals surface area contributed by atoms with Gasteiger partial charge in [0.1, 0.15) is 7.11 Å². The molecule has 2 aromatic rings. The molecule has 9 nitrogen and oxygen atoms in total. The maximum Gasteiger partial charge on any atom is 0.275 e. The van der Waals surface area contributed by atoms with Gasteiger partial charge in [-0.3, -0.25) is 19.6 Å². The van der Waals surface area contributed by atoms with Crippen molar-refractivity contribution in [2.45, 2.75) is 6.04 Å². The predicted octanol–water partition coefficient (Wildman–Crippen LogP) is 1.03. The topological polar surface area (TPSA) is 120 Å². The summed E-state index contributed by atoms with van der Waals surface area (Å²) in [6.07, 6.45) is 1.59. The quantitative estimate of drug-likeness (QED) is 0.278. The zero-order valence-electron chi connectivity index (χ0n) is 16.2. The fraction of sp³-hybridized carbons (Fsp3) is 0.200. The Morgan fingerprint density at radius 3 is 2.07 bits per heavy atom. The number of amides is 3. The summed E-state index contributed by atoms with van der Waals surface area (Å²) in [6, 6.07) is 12.8. The van der Waals surface area contributed by atoms with E-state index in [4.69, 9.17) is 5.21 Å². The number of likely N-dealkylation sites (N-methyl/N-ethyl adjacent to an activating group) is 2. The molecular weight excluding hydrogens is 376 g/mol. The van der Waals surface area contributed by atoms with E-state index >= 15 is 0 Å². The molecule has 3 N–H and O–H groups in total. The van der Waals surface area contributed by atoms with E-state index in [-0.39, 0.29) is 0 Å².